The van der Waals surface area contributed by atoms with Crippen molar-refractivity contribution >= 4 is 10.9 Å². The molecule has 1 heterocycles. The Morgan fingerprint density at radius 2 is 2.35 bits per heavy atom. The quantitative estimate of drug-likeness (QED) is 0.831. The minimum Gasteiger partial charge on any atom is -0.497 e. The average molecular weight is 230 g/mol. The van der Waals surface area contributed by atoms with Crippen LogP contribution in [-0.2, 0) is 12.8 Å². The molecule has 1 aliphatic carbocycles. The van der Waals surface area contributed by atoms with E-state index in [0.29, 0.717) is 5.92 Å². The first-order valence-corrected chi connectivity index (χ1v) is 6.19. The molecule has 0 saturated heterocycles. The number of aromatic nitrogens is 1. The van der Waals surface area contributed by atoms with Gasteiger partial charge < -0.3 is 15.5 Å². The molecule has 1 aromatic carbocycles. The maximum atomic E-state index is 5.79. The van der Waals surface area contributed by atoms with Crippen molar-refractivity contribution in [2.45, 2.75) is 19.3 Å². The van der Waals surface area contributed by atoms with Crippen LogP contribution >= 0.6 is 0 Å². The molecule has 1 aromatic heterocycles. The summed E-state index contributed by atoms with van der Waals surface area (Å²) in [6.07, 6.45) is 3.42. The fourth-order valence-electron chi connectivity index (χ4n) is 2.80. The van der Waals surface area contributed by atoms with Gasteiger partial charge in [-0.05, 0) is 55.5 Å². The summed E-state index contributed by atoms with van der Waals surface area (Å²) in [7, 11) is 1.71. The lowest BCUT2D eigenvalue weighted by Gasteiger charge is -2.20. The Bertz CT molecular complexity index is 544. The van der Waals surface area contributed by atoms with Crippen molar-refractivity contribution in [2.24, 2.45) is 11.7 Å². The van der Waals surface area contributed by atoms with Gasteiger partial charge in [0.2, 0.25) is 0 Å². The van der Waals surface area contributed by atoms with Gasteiger partial charge in [0.05, 0.1) is 7.11 Å². The van der Waals surface area contributed by atoms with Gasteiger partial charge in [0, 0.05) is 16.6 Å². The molecule has 3 nitrogen and oxygen atoms in total. The summed E-state index contributed by atoms with van der Waals surface area (Å²) in [6.45, 7) is 0.788. The second-order valence-corrected chi connectivity index (χ2v) is 4.84. The van der Waals surface area contributed by atoms with Gasteiger partial charge >= 0.3 is 0 Å². The first-order chi connectivity index (χ1) is 8.31. The molecule has 1 unspecified atom stereocenters. The van der Waals surface area contributed by atoms with Crippen molar-refractivity contribution in [2.75, 3.05) is 13.7 Å². The molecule has 0 saturated carbocycles. The zero-order valence-corrected chi connectivity index (χ0v) is 10.1. The van der Waals surface area contributed by atoms with E-state index in [9.17, 15) is 0 Å². The van der Waals surface area contributed by atoms with E-state index >= 15 is 0 Å². The topological polar surface area (TPSA) is 51.0 Å². The van der Waals surface area contributed by atoms with Crippen molar-refractivity contribution in [3.05, 3.63) is 29.5 Å². The minimum absolute atomic E-state index is 0.632. The molecular weight excluding hydrogens is 212 g/mol. The molecule has 2 aromatic rings. The third kappa shape index (κ3) is 1.71. The van der Waals surface area contributed by atoms with Gasteiger partial charge in [-0.15, -0.1) is 0 Å². The number of nitrogens with one attached hydrogen (secondary N) is 1. The first kappa shape index (κ1) is 10.7. The number of ether oxygens (including phenoxy) is 1. The van der Waals surface area contributed by atoms with Crippen LogP contribution in [0.3, 0.4) is 0 Å². The van der Waals surface area contributed by atoms with E-state index in [2.05, 4.69) is 17.1 Å². The third-order valence-electron chi connectivity index (χ3n) is 3.83. The minimum atomic E-state index is 0.632. The second kappa shape index (κ2) is 4.08. The van der Waals surface area contributed by atoms with Crippen molar-refractivity contribution < 1.29 is 4.74 Å². The SMILES string of the molecule is COc1ccc2[nH]c3c(c2c1)CC(CN)CC3. The van der Waals surface area contributed by atoms with Gasteiger partial charge in [-0.2, -0.15) is 0 Å². The lowest BCUT2D eigenvalue weighted by molar-refractivity contribution is 0.415. The van der Waals surface area contributed by atoms with E-state index in [0.717, 1.165) is 25.1 Å². The third-order valence-corrected chi connectivity index (χ3v) is 3.83. The summed E-state index contributed by atoms with van der Waals surface area (Å²) >= 11 is 0. The summed E-state index contributed by atoms with van der Waals surface area (Å²) in [4.78, 5) is 3.52. The Kier molecular flexibility index (Phi) is 2.56. The highest BCUT2D eigenvalue weighted by Crippen LogP contribution is 2.33. The first-order valence-electron chi connectivity index (χ1n) is 6.19. The molecule has 3 heteroatoms. The van der Waals surface area contributed by atoms with Crippen LogP contribution in [0.15, 0.2) is 18.2 Å². The van der Waals surface area contributed by atoms with E-state index in [1.54, 1.807) is 7.11 Å². The van der Waals surface area contributed by atoms with E-state index in [1.807, 2.05) is 6.07 Å². The molecule has 0 amide bonds. The standard InChI is InChI=1S/C14H18N2O/c1-17-10-3-5-14-12(7-10)11-6-9(8-15)2-4-13(11)16-14/h3,5,7,9,16H,2,4,6,8,15H2,1H3. The Morgan fingerprint density at radius 3 is 3.12 bits per heavy atom. The van der Waals surface area contributed by atoms with Gasteiger partial charge in [0.25, 0.3) is 0 Å². The van der Waals surface area contributed by atoms with Gasteiger partial charge in [0.15, 0.2) is 0 Å². The monoisotopic (exact) mass is 230 g/mol. The van der Waals surface area contributed by atoms with Crippen molar-refractivity contribution in [3.8, 4) is 5.75 Å². The van der Waals surface area contributed by atoms with E-state index in [-0.39, 0.29) is 0 Å². The normalized spacial score (nSPS) is 19.3. The van der Waals surface area contributed by atoms with E-state index < -0.39 is 0 Å². The molecule has 0 fully saturated rings. The summed E-state index contributed by atoms with van der Waals surface area (Å²) < 4.78 is 5.30. The predicted octanol–water partition coefficient (Wildman–Crippen LogP) is 2.24. The van der Waals surface area contributed by atoms with E-state index in [1.165, 1.54) is 28.6 Å². The molecule has 1 atom stereocenters. The zero-order valence-electron chi connectivity index (χ0n) is 10.1. The van der Waals surface area contributed by atoms with Gasteiger partial charge in [-0.3, -0.25) is 0 Å². The molecule has 1 aliphatic rings. The highest BCUT2D eigenvalue weighted by atomic mass is 16.5. The van der Waals surface area contributed by atoms with Crippen LogP contribution in [0.4, 0.5) is 0 Å². The van der Waals surface area contributed by atoms with Crippen LogP contribution in [0.25, 0.3) is 10.9 Å². The number of benzene rings is 1. The highest BCUT2D eigenvalue weighted by molar-refractivity contribution is 5.86. The highest BCUT2D eigenvalue weighted by Gasteiger charge is 2.21. The molecule has 3 rings (SSSR count). The van der Waals surface area contributed by atoms with Crippen LogP contribution in [0.5, 0.6) is 5.75 Å². The van der Waals surface area contributed by atoms with Gasteiger partial charge in [0.1, 0.15) is 5.75 Å². The lowest BCUT2D eigenvalue weighted by Crippen LogP contribution is -2.21. The maximum absolute atomic E-state index is 5.79. The van der Waals surface area contributed by atoms with E-state index in [4.69, 9.17) is 10.5 Å². The summed E-state index contributed by atoms with van der Waals surface area (Å²) in [5.74, 6) is 1.56. The average Bonchev–Trinajstić information content (AvgIpc) is 2.75. The molecule has 90 valence electrons. The molecule has 17 heavy (non-hydrogen) atoms. The van der Waals surface area contributed by atoms with Crippen LogP contribution in [0.2, 0.25) is 0 Å². The van der Waals surface area contributed by atoms with Gasteiger partial charge in [-0.25, -0.2) is 0 Å². The predicted molar refractivity (Wildman–Crippen MR) is 69.4 cm³/mol. The van der Waals surface area contributed by atoms with Crippen LogP contribution in [0, 0.1) is 5.92 Å². The Labute approximate surface area is 101 Å². The molecule has 3 N–H and O–H groups in total. The van der Waals surface area contributed by atoms with Crippen molar-refractivity contribution in [1.82, 2.24) is 4.98 Å². The Hall–Kier alpha value is -1.48. The number of nitrogens with two attached hydrogens (primary N) is 1. The molecular formula is C14H18N2O. The summed E-state index contributed by atoms with van der Waals surface area (Å²) in [5, 5.41) is 1.30. The number of hydrogen-bond acceptors (Lipinski definition) is 2. The van der Waals surface area contributed by atoms with Crippen molar-refractivity contribution in [1.29, 1.82) is 0 Å². The number of methoxy groups -OCH3 is 1. The zero-order chi connectivity index (χ0) is 11.8. The number of aryl methyl sites for hydroxylation is 1. The number of fused-ring (bicyclic) bond motifs is 3. The van der Waals surface area contributed by atoms with Gasteiger partial charge in [-0.1, -0.05) is 0 Å². The van der Waals surface area contributed by atoms with Crippen LogP contribution in [-0.4, -0.2) is 18.6 Å². The largest absolute Gasteiger partial charge is 0.497 e. The second-order valence-electron chi connectivity index (χ2n) is 4.84. The summed E-state index contributed by atoms with van der Waals surface area (Å²) in [5.41, 5.74) is 9.84. The number of H-pyrrole nitrogens is 1. The lowest BCUT2D eigenvalue weighted by atomic mass is 9.86. The number of aromatic amines is 1. The Balaban J connectivity index is 2.12. The fourth-order valence-corrected chi connectivity index (χ4v) is 2.80. The number of hydrogen-bond donors (Lipinski definition) is 2. The molecule has 0 aliphatic heterocycles. The molecule has 0 bridgehead atoms. The maximum Gasteiger partial charge on any atom is 0.119 e. The molecule has 0 spiro atoms. The Morgan fingerprint density at radius 1 is 1.47 bits per heavy atom. The number of rotatable bonds is 2. The smallest absolute Gasteiger partial charge is 0.119 e. The molecule has 0 radical (unpaired) electrons. The summed E-state index contributed by atoms with van der Waals surface area (Å²) in [6, 6.07) is 6.23. The fraction of sp³-hybridized carbons (Fsp3) is 0.429. The van der Waals surface area contributed by atoms with Crippen molar-refractivity contribution in [3.63, 3.8) is 0 Å². The van der Waals surface area contributed by atoms with Crippen LogP contribution < -0.4 is 10.5 Å². The van der Waals surface area contributed by atoms with Crippen LogP contribution in [0.1, 0.15) is 17.7 Å².